The highest BCUT2D eigenvalue weighted by Crippen LogP contribution is 2.25. The molecule has 2 aromatic rings. The number of halogens is 1. The minimum atomic E-state index is -0.347. The molecular formula is C16H13FN2O2. The molecule has 0 saturated carbocycles. The van der Waals surface area contributed by atoms with Crippen molar-refractivity contribution in [3.63, 3.8) is 0 Å². The molecule has 106 valence electrons. The van der Waals surface area contributed by atoms with Gasteiger partial charge in [-0.1, -0.05) is 6.07 Å². The zero-order valence-corrected chi connectivity index (χ0v) is 11.4. The largest absolute Gasteiger partial charge is 0.326 e. The smallest absolute Gasteiger partial charge is 0.258 e. The van der Waals surface area contributed by atoms with Gasteiger partial charge in [-0.25, -0.2) is 4.39 Å². The second-order valence-electron chi connectivity index (χ2n) is 4.94. The van der Waals surface area contributed by atoms with Crippen LogP contribution < -0.4 is 10.2 Å². The number of hydrogen-bond donors (Lipinski definition) is 1. The molecule has 1 N–H and O–H groups in total. The monoisotopic (exact) mass is 284 g/mol. The number of hydrogen-bond acceptors (Lipinski definition) is 2. The first-order valence-corrected chi connectivity index (χ1v) is 6.51. The van der Waals surface area contributed by atoms with Crippen LogP contribution in [0.15, 0.2) is 42.5 Å². The van der Waals surface area contributed by atoms with Crippen LogP contribution in [0.4, 0.5) is 15.8 Å². The van der Waals surface area contributed by atoms with E-state index in [1.807, 2.05) is 0 Å². The van der Waals surface area contributed by atoms with Crippen molar-refractivity contribution in [1.29, 1.82) is 0 Å². The standard InChI is InChI=1S/C16H13FN2O2/c1-19(13-6-4-12(17)5-7-13)16(21)11-3-2-10-9-15(20)18-14(10)8-11/h2-8H,9H2,1H3,(H,18,20). The number of fused-ring (bicyclic) bond motifs is 1. The average Bonchev–Trinajstić information content (AvgIpc) is 2.85. The summed E-state index contributed by atoms with van der Waals surface area (Å²) in [6, 6.07) is 10.8. The molecule has 0 aromatic heterocycles. The van der Waals surface area contributed by atoms with E-state index < -0.39 is 0 Å². The molecular weight excluding hydrogens is 271 g/mol. The first-order valence-electron chi connectivity index (χ1n) is 6.51. The summed E-state index contributed by atoms with van der Waals surface area (Å²) in [5.74, 6) is -0.633. The Labute approximate surface area is 121 Å². The summed E-state index contributed by atoms with van der Waals surface area (Å²) in [5, 5.41) is 2.72. The molecule has 0 radical (unpaired) electrons. The molecule has 1 aliphatic rings. The Balaban J connectivity index is 1.87. The molecule has 0 spiro atoms. The lowest BCUT2D eigenvalue weighted by Gasteiger charge is -2.17. The Bertz CT molecular complexity index is 726. The third-order valence-corrected chi connectivity index (χ3v) is 3.50. The van der Waals surface area contributed by atoms with E-state index in [-0.39, 0.29) is 17.6 Å². The second-order valence-corrected chi connectivity index (χ2v) is 4.94. The number of anilines is 2. The van der Waals surface area contributed by atoms with Crippen molar-refractivity contribution in [2.45, 2.75) is 6.42 Å². The molecule has 21 heavy (non-hydrogen) atoms. The fourth-order valence-electron chi connectivity index (χ4n) is 2.32. The third-order valence-electron chi connectivity index (χ3n) is 3.50. The van der Waals surface area contributed by atoms with Crippen LogP contribution in [0.2, 0.25) is 0 Å². The Morgan fingerprint density at radius 2 is 1.90 bits per heavy atom. The molecule has 0 unspecified atom stereocenters. The lowest BCUT2D eigenvalue weighted by molar-refractivity contribution is -0.115. The van der Waals surface area contributed by atoms with Gasteiger partial charge in [0.25, 0.3) is 5.91 Å². The van der Waals surface area contributed by atoms with Gasteiger partial charge in [0.1, 0.15) is 5.82 Å². The fraction of sp³-hybridized carbons (Fsp3) is 0.125. The number of carbonyl (C=O) groups is 2. The van der Waals surface area contributed by atoms with E-state index in [2.05, 4.69) is 5.32 Å². The summed E-state index contributed by atoms with van der Waals surface area (Å²) < 4.78 is 12.9. The predicted molar refractivity (Wildman–Crippen MR) is 77.9 cm³/mol. The van der Waals surface area contributed by atoms with Crippen LogP contribution in [0.3, 0.4) is 0 Å². The predicted octanol–water partition coefficient (Wildman–Crippen LogP) is 2.60. The lowest BCUT2D eigenvalue weighted by Crippen LogP contribution is -2.26. The van der Waals surface area contributed by atoms with Gasteiger partial charge in [0.15, 0.2) is 0 Å². The number of rotatable bonds is 2. The first-order chi connectivity index (χ1) is 10.0. The molecule has 0 saturated heterocycles. The van der Waals surface area contributed by atoms with Gasteiger partial charge in [0, 0.05) is 24.0 Å². The Morgan fingerprint density at radius 3 is 2.62 bits per heavy atom. The van der Waals surface area contributed by atoms with Gasteiger partial charge in [0.05, 0.1) is 6.42 Å². The van der Waals surface area contributed by atoms with Gasteiger partial charge >= 0.3 is 0 Å². The van der Waals surface area contributed by atoms with Gasteiger partial charge in [-0.05, 0) is 42.0 Å². The first kappa shape index (κ1) is 13.3. The third kappa shape index (κ3) is 2.50. The number of nitrogens with one attached hydrogen (secondary N) is 1. The summed E-state index contributed by atoms with van der Waals surface area (Å²) in [7, 11) is 1.63. The molecule has 1 heterocycles. The highest BCUT2D eigenvalue weighted by atomic mass is 19.1. The molecule has 0 fully saturated rings. The molecule has 0 bridgehead atoms. The van der Waals surface area contributed by atoms with E-state index in [9.17, 15) is 14.0 Å². The quantitative estimate of drug-likeness (QED) is 0.921. The Hall–Kier alpha value is -2.69. The topological polar surface area (TPSA) is 49.4 Å². The van der Waals surface area contributed by atoms with Gasteiger partial charge < -0.3 is 10.2 Å². The second kappa shape index (κ2) is 5.01. The normalized spacial score (nSPS) is 12.8. The van der Waals surface area contributed by atoms with Crippen LogP contribution in [0, 0.1) is 5.82 Å². The maximum atomic E-state index is 12.9. The van der Waals surface area contributed by atoms with E-state index in [1.54, 1.807) is 37.4 Å². The van der Waals surface area contributed by atoms with Crippen LogP contribution in [0.1, 0.15) is 15.9 Å². The van der Waals surface area contributed by atoms with Crippen molar-refractivity contribution < 1.29 is 14.0 Å². The molecule has 0 aliphatic carbocycles. The zero-order valence-electron chi connectivity index (χ0n) is 11.4. The molecule has 3 rings (SSSR count). The highest BCUT2D eigenvalue weighted by molar-refractivity contribution is 6.08. The fourth-order valence-corrected chi connectivity index (χ4v) is 2.32. The van der Waals surface area contributed by atoms with Crippen molar-refractivity contribution in [2.75, 3.05) is 17.3 Å². The molecule has 2 amide bonds. The molecule has 2 aromatic carbocycles. The highest BCUT2D eigenvalue weighted by Gasteiger charge is 2.20. The van der Waals surface area contributed by atoms with E-state index in [1.165, 1.54) is 17.0 Å². The van der Waals surface area contributed by atoms with E-state index in [0.717, 1.165) is 5.56 Å². The van der Waals surface area contributed by atoms with Crippen molar-refractivity contribution >= 4 is 23.2 Å². The van der Waals surface area contributed by atoms with Crippen molar-refractivity contribution in [3.8, 4) is 0 Å². The summed E-state index contributed by atoms with van der Waals surface area (Å²) in [6.07, 6.45) is 0.345. The molecule has 1 aliphatic heterocycles. The van der Waals surface area contributed by atoms with Crippen molar-refractivity contribution in [1.82, 2.24) is 0 Å². The summed E-state index contributed by atoms with van der Waals surface area (Å²) in [5.41, 5.74) is 2.65. The van der Waals surface area contributed by atoms with Crippen molar-refractivity contribution in [2.24, 2.45) is 0 Å². The van der Waals surface area contributed by atoms with Gasteiger partial charge in [0.2, 0.25) is 5.91 Å². The number of benzene rings is 2. The number of carbonyl (C=O) groups excluding carboxylic acids is 2. The molecule has 4 nitrogen and oxygen atoms in total. The SMILES string of the molecule is CN(C(=O)c1ccc2c(c1)NC(=O)C2)c1ccc(F)cc1. The molecule has 5 heteroatoms. The lowest BCUT2D eigenvalue weighted by atomic mass is 10.1. The van der Waals surface area contributed by atoms with Crippen LogP contribution in [-0.4, -0.2) is 18.9 Å². The minimum absolute atomic E-state index is 0.0681. The summed E-state index contributed by atoms with van der Waals surface area (Å²) in [4.78, 5) is 25.2. The summed E-state index contributed by atoms with van der Waals surface area (Å²) in [6.45, 7) is 0. The Morgan fingerprint density at radius 1 is 1.19 bits per heavy atom. The van der Waals surface area contributed by atoms with Crippen LogP contribution >= 0.6 is 0 Å². The van der Waals surface area contributed by atoms with Gasteiger partial charge in [-0.3, -0.25) is 9.59 Å². The van der Waals surface area contributed by atoms with Gasteiger partial charge in [-0.15, -0.1) is 0 Å². The summed E-state index contributed by atoms with van der Waals surface area (Å²) >= 11 is 0. The van der Waals surface area contributed by atoms with Gasteiger partial charge in [-0.2, -0.15) is 0 Å². The van der Waals surface area contributed by atoms with E-state index in [0.29, 0.717) is 23.4 Å². The molecule has 0 atom stereocenters. The van der Waals surface area contributed by atoms with Crippen molar-refractivity contribution in [3.05, 3.63) is 59.4 Å². The maximum absolute atomic E-state index is 12.9. The van der Waals surface area contributed by atoms with E-state index >= 15 is 0 Å². The maximum Gasteiger partial charge on any atom is 0.258 e. The Kier molecular flexibility index (Phi) is 3.17. The van der Waals surface area contributed by atoms with Crippen LogP contribution in [0.5, 0.6) is 0 Å². The minimum Gasteiger partial charge on any atom is -0.326 e. The zero-order chi connectivity index (χ0) is 15.0. The average molecular weight is 284 g/mol. The van der Waals surface area contributed by atoms with Crippen LogP contribution in [-0.2, 0) is 11.2 Å². The number of amides is 2. The van der Waals surface area contributed by atoms with Crippen LogP contribution in [0.25, 0.3) is 0 Å². The number of nitrogens with zero attached hydrogens (tertiary/aromatic N) is 1. The van der Waals surface area contributed by atoms with E-state index in [4.69, 9.17) is 0 Å².